The smallest absolute Gasteiger partial charge is 0.0577 e. The van der Waals surface area contributed by atoms with Crippen LogP contribution in [0.1, 0.15) is 135 Å². The van der Waals surface area contributed by atoms with Crippen molar-refractivity contribution in [3.8, 4) is 0 Å². The lowest BCUT2D eigenvalue weighted by Crippen LogP contribution is -2.42. The lowest BCUT2D eigenvalue weighted by molar-refractivity contribution is 0.0848. The molecule has 12 unspecified atom stereocenters. The van der Waals surface area contributed by atoms with Crippen LogP contribution < -0.4 is 0 Å². The molecule has 326 valence electrons. The van der Waals surface area contributed by atoms with E-state index in [0.29, 0.717) is 47.1 Å². The topological polar surface area (TPSA) is 6.48 Å². The van der Waals surface area contributed by atoms with E-state index in [2.05, 4.69) is 125 Å². The van der Waals surface area contributed by atoms with Gasteiger partial charge in [0.15, 0.2) is 0 Å². The van der Waals surface area contributed by atoms with Crippen molar-refractivity contribution in [2.75, 3.05) is 0 Å². The molecule has 0 bridgehead atoms. The molecule has 0 aromatic carbocycles. The molecule has 2 heteroatoms. The van der Waals surface area contributed by atoms with Crippen LogP contribution in [0, 0.1) is 58.7 Å². The Hall–Kier alpha value is -4.04. The maximum absolute atomic E-state index is 2.91. The van der Waals surface area contributed by atoms with Gasteiger partial charge < -0.3 is 9.80 Å². The van der Waals surface area contributed by atoms with Crippen LogP contribution in [0.25, 0.3) is 0 Å². The van der Waals surface area contributed by atoms with Crippen LogP contribution in [0.3, 0.4) is 0 Å². The number of rotatable bonds is 6. The molecule has 0 N–H and O–H groups in total. The van der Waals surface area contributed by atoms with E-state index in [0.717, 1.165) is 36.5 Å². The highest BCUT2D eigenvalue weighted by molar-refractivity contribution is 5.54. The monoisotopic (exact) mass is 833 g/mol. The van der Waals surface area contributed by atoms with E-state index in [1.807, 2.05) is 11.1 Å². The normalized spacial score (nSPS) is 40.7. The summed E-state index contributed by atoms with van der Waals surface area (Å²) < 4.78 is 0. The quantitative estimate of drug-likeness (QED) is 0.246. The first-order valence-electron chi connectivity index (χ1n) is 26.5. The fraction of sp³-hybridized carbons (Fsp3) is 0.541. The van der Waals surface area contributed by atoms with Gasteiger partial charge in [0.05, 0.1) is 6.04 Å². The maximum atomic E-state index is 2.91. The Morgan fingerprint density at radius 1 is 0.571 bits per heavy atom. The second-order valence-electron chi connectivity index (χ2n) is 22.2. The Labute approximate surface area is 379 Å². The molecule has 12 aliphatic carbocycles. The number of nitrogens with zero attached hydrogens (tertiary/aromatic N) is 2. The molecule has 63 heavy (non-hydrogen) atoms. The van der Waals surface area contributed by atoms with Crippen LogP contribution in [-0.4, -0.2) is 21.9 Å². The van der Waals surface area contributed by atoms with E-state index >= 15 is 0 Å². The van der Waals surface area contributed by atoms with Crippen molar-refractivity contribution in [2.24, 2.45) is 58.7 Å². The average Bonchev–Trinajstić information content (AvgIpc) is 3.97. The van der Waals surface area contributed by atoms with Gasteiger partial charge in [-0.2, -0.15) is 0 Å². The molecule has 2 fully saturated rings. The zero-order valence-corrected chi connectivity index (χ0v) is 38.1. The van der Waals surface area contributed by atoms with Gasteiger partial charge in [-0.3, -0.25) is 0 Å². The molecule has 0 aromatic rings. The number of hydrogen-bond donors (Lipinski definition) is 0. The zero-order valence-electron chi connectivity index (χ0n) is 38.1. The van der Waals surface area contributed by atoms with Gasteiger partial charge in [0.1, 0.15) is 0 Å². The predicted octanol–water partition coefficient (Wildman–Crippen LogP) is 15.2. The van der Waals surface area contributed by atoms with Crippen molar-refractivity contribution in [1.82, 2.24) is 9.80 Å². The van der Waals surface area contributed by atoms with E-state index in [1.54, 1.807) is 22.4 Å². The fourth-order valence-electron chi connectivity index (χ4n) is 17.1. The molecule has 13 rings (SSSR count). The van der Waals surface area contributed by atoms with Gasteiger partial charge in [-0.1, -0.05) is 127 Å². The minimum absolute atomic E-state index is 0.316. The summed E-state index contributed by atoms with van der Waals surface area (Å²) in [5, 5.41) is 0. The van der Waals surface area contributed by atoms with Gasteiger partial charge in [-0.15, -0.1) is 0 Å². The summed E-state index contributed by atoms with van der Waals surface area (Å²) in [5.41, 5.74) is 15.1. The molecular weight excluding hydrogens is 761 g/mol. The van der Waals surface area contributed by atoms with Crippen molar-refractivity contribution in [1.29, 1.82) is 0 Å². The molecule has 2 nitrogen and oxygen atoms in total. The molecule has 1 heterocycles. The molecule has 0 saturated heterocycles. The van der Waals surface area contributed by atoms with E-state index in [-0.39, 0.29) is 0 Å². The van der Waals surface area contributed by atoms with Crippen LogP contribution in [0.15, 0.2) is 166 Å². The SMILES string of the molecule is C1=CC2C3=C(CCCC3)N(C3CC=C(C4C=CC(N(C5=CC6C7=C(C=CCC7)C7(C6C=C5)C5CCC=CC5C5CCCCC57)C5=CC=C(C6C=CCCC6)CC5)=CC4)CC3)C2C=C1. The van der Waals surface area contributed by atoms with Crippen LogP contribution in [0.4, 0.5) is 0 Å². The lowest BCUT2D eigenvalue weighted by atomic mass is 9.56. The second kappa shape index (κ2) is 16.1. The summed E-state index contributed by atoms with van der Waals surface area (Å²) in [6.45, 7) is 0. The Morgan fingerprint density at radius 2 is 1.49 bits per heavy atom. The second-order valence-corrected chi connectivity index (χ2v) is 22.2. The third kappa shape index (κ3) is 6.28. The standard InChI is InChI=1S/C61H72N2/c1-2-14-41(15-3-1)42-26-32-45(33-27-42)62(46-34-28-43(29-35-46)44-30-36-47(37-31-44)63-59-24-12-7-19-52(59)53-20-8-13-25-60(53)63)48-38-39-58-54(40-48)51-18-6-11-23-57(51)61(58)55-21-9-4-16-49(55)50-17-5-10-22-56(50)61/h2,4,7,11-12,14,16,19,23-24,26,28,30,32,34-35,38-41,43,47,49-50,52,54-56,58-59H,1,3,5-6,8-10,13,15,17-18,20-22,25,27,29,31,33,36-37H2. The van der Waals surface area contributed by atoms with Crippen molar-refractivity contribution >= 4 is 0 Å². The third-order valence-electron chi connectivity index (χ3n) is 19.5. The molecule has 1 aliphatic heterocycles. The molecule has 12 atom stereocenters. The Bertz CT molecular complexity index is 2330. The number of allylic oxidation sites excluding steroid dienone is 22. The minimum atomic E-state index is 0.316. The fourth-order valence-corrected chi connectivity index (χ4v) is 17.1. The average molecular weight is 833 g/mol. The van der Waals surface area contributed by atoms with Gasteiger partial charge >= 0.3 is 0 Å². The molecule has 2 saturated carbocycles. The Kier molecular flexibility index (Phi) is 10.1. The predicted molar refractivity (Wildman–Crippen MR) is 261 cm³/mol. The van der Waals surface area contributed by atoms with Gasteiger partial charge in [0.25, 0.3) is 0 Å². The van der Waals surface area contributed by atoms with Crippen LogP contribution in [0.2, 0.25) is 0 Å². The summed E-state index contributed by atoms with van der Waals surface area (Å²) in [6, 6.07) is 1.20. The summed E-state index contributed by atoms with van der Waals surface area (Å²) in [7, 11) is 0. The minimum Gasteiger partial charge on any atom is -0.364 e. The first-order chi connectivity index (χ1) is 31.3. The number of fused-ring (bicyclic) bond motifs is 11. The van der Waals surface area contributed by atoms with Gasteiger partial charge in [-0.05, 0) is 187 Å². The van der Waals surface area contributed by atoms with Crippen molar-refractivity contribution in [3.63, 3.8) is 0 Å². The summed E-state index contributed by atoms with van der Waals surface area (Å²) in [4.78, 5) is 5.66. The highest BCUT2D eigenvalue weighted by Gasteiger charge is 2.67. The molecule has 13 aliphatic rings. The van der Waals surface area contributed by atoms with E-state index in [1.165, 1.54) is 139 Å². The Balaban J connectivity index is 0.805. The van der Waals surface area contributed by atoms with Gasteiger partial charge in [0, 0.05) is 52.0 Å². The zero-order chi connectivity index (χ0) is 41.5. The highest BCUT2D eigenvalue weighted by Crippen LogP contribution is 2.74. The third-order valence-corrected chi connectivity index (χ3v) is 19.5. The molecule has 0 aromatic heterocycles. The molecular formula is C61H72N2. The van der Waals surface area contributed by atoms with E-state index in [9.17, 15) is 0 Å². The summed E-state index contributed by atoms with van der Waals surface area (Å²) in [5.74, 6) is 6.20. The number of hydrogen-bond acceptors (Lipinski definition) is 2. The van der Waals surface area contributed by atoms with Crippen LogP contribution in [0.5, 0.6) is 0 Å². The molecule has 1 spiro atoms. The first kappa shape index (κ1) is 39.3. The molecule has 0 radical (unpaired) electrons. The van der Waals surface area contributed by atoms with Gasteiger partial charge in [0.2, 0.25) is 0 Å². The molecule has 0 amide bonds. The van der Waals surface area contributed by atoms with Crippen molar-refractivity contribution in [3.05, 3.63) is 166 Å². The van der Waals surface area contributed by atoms with Gasteiger partial charge in [-0.25, -0.2) is 0 Å². The van der Waals surface area contributed by atoms with Crippen LogP contribution >= 0.6 is 0 Å². The summed E-state index contributed by atoms with van der Waals surface area (Å²) in [6.07, 6.45) is 76.2. The van der Waals surface area contributed by atoms with Crippen molar-refractivity contribution < 1.29 is 0 Å². The first-order valence-corrected chi connectivity index (χ1v) is 26.5. The largest absolute Gasteiger partial charge is 0.364 e. The highest BCUT2D eigenvalue weighted by atomic mass is 15.2. The lowest BCUT2D eigenvalue weighted by Gasteiger charge is -2.47. The Morgan fingerprint density at radius 3 is 2.37 bits per heavy atom. The van der Waals surface area contributed by atoms with E-state index in [4.69, 9.17) is 0 Å². The summed E-state index contributed by atoms with van der Waals surface area (Å²) >= 11 is 0. The maximum Gasteiger partial charge on any atom is 0.0577 e. The van der Waals surface area contributed by atoms with Crippen molar-refractivity contribution in [2.45, 2.75) is 147 Å². The van der Waals surface area contributed by atoms with E-state index < -0.39 is 0 Å². The van der Waals surface area contributed by atoms with Crippen LogP contribution in [-0.2, 0) is 0 Å².